The van der Waals surface area contributed by atoms with Gasteiger partial charge in [0, 0.05) is 4.47 Å². The van der Waals surface area contributed by atoms with Crippen molar-refractivity contribution < 1.29 is 8.76 Å². The summed E-state index contributed by atoms with van der Waals surface area (Å²) < 4.78 is 19.8. The average Bonchev–Trinajstić information content (AvgIpc) is 1.88. The summed E-state index contributed by atoms with van der Waals surface area (Å²) in [6, 6.07) is 6.83. The molecule has 1 aromatic rings. The molecule has 0 spiro atoms. The predicted molar refractivity (Wildman–Crippen MR) is 50.3 cm³/mol. The Morgan fingerprint density at radius 2 is 1.91 bits per heavy atom. The van der Waals surface area contributed by atoms with Gasteiger partial charge in [0.1, 0.15) is 0 Å². The number of hydrogen-bond acceptors (Lipinski definition) is 1. The third-order valence-electron chi connectivity index (χ3n) is 1.02. The van der Waals surface area contributed by atoms with E-state index in [1.165, 1.54) is 0 Å². The maximum absolute atomic E-state index is 10.5. The summed E-state index contributed by atoms with van der Waals surface area (Å²) in [4.78, 5) is 0.405. The molecule has 56 valence electrons. The number of benzene rings is 1. The van der Waals surface area contributed by atoms with Crippen LogP contribution in [0.5, 0.6) is 0 Å². The Kier molecular flexibility index (Phi) is 5.31. The first kappa shape index (κ1) is 11.4. The molecule has 0 radical (unpaired) electrons. The van der Waals surface area contributed by atoms with E-state index in [4.69, 9.17) is 4.55 Å². The van der Waals surface area contributed by atoms with Crippen LogP contribution < -0.4 is 0 Å². The van der Waals surface area contributed by atoms with Crippen LogP contribution in [0.1, 0.15) is 0 Å². The molecular weight excluding hydrogens is 223 g/mol. The molecule has 0 fully saturated rings. The van der Waals surface area contributed by atoms with Crippen LogP contribution in [0.3, 0.4) is 0 Å². The Balaban J connectivity index is 0.000001000. The van der Waals surface area contributed by atoms with Gasteiger partial charge in [-0.1, -0.05) is 12.1 Å². The van der Waals surface area contributed by atoms with Crippen molar-refractivity contribution in [3.05, 3.63) is 28.7 Å². The molecule has 0 aliphatic carbocycles. The second-order valence-corrected chi connectivity index (χ2v) is 3.47. The fraction of sp³-hybridized carbons (Fsp3) is 0. The van der Waals surface area contributed by atoms with E-state index in [0.29, 0.717) is 9.37 Å². The Morgan fingerprint density at radius 1 is 1.36 bits per heavy atom. The van der Waals surface area contributed by atoms with Crippen molar-refractivity contribution in [1.29, 1.82) is 0 Å². The Labute approximate surface area is 88.0 Å². The molecule has 0 amide bonds. The summed E-state index contributed by atoms with van der Waals surface area (Å²) in [6.45, 7) is 0. The average molecular weight is 229 g/mol. The van der Waals surface area contributed by atoms with Crippen molar-refractivity contribution in [3.63, 3.8) is 0 Å². The van der Waals surface area contributed by atoms with Crippen LogP contribution in [0.15, 0.2) is 33.6 Å². The van der Waals surface area contributed by atoms with E-state index in [1.54, 1.807) is 24.3 Å². The van der Waals surface area contributed by atoms with Gasteiger partial charge in [-0.3, -0.25) is 0 Å². The van der Waals surface area contributed by atoms with E-state index in [1.807, 2.05) is 0 Å². The van der Waals surface area contributed by atoms with Crippen LogP contribution in [-0.4, -0.2) is 27.6 Å². The number of halogens is 1. The third kappa shape index (κ3) is 3.10. The summed E-state index contributed by atoms with van der Waals surface area (Å²) in [7, 11) is 0. The van der Waals surface area contributed by atoms with Crippen molar-refractivity contribution in [2.24, 2.45) is 0 Å². The molecule has 0 saturated carbocycles. The zero-order valence-electron chi connectivity index (χ0n) is 4.95. The monoisotopic (exact) mass is 228 g/mol. The van der Waals surface area contributed by atoms with E-state index < -0.39 is 11.1 Å². The van der Waals surface area contributed by atoms with E-state index in [9.17, 15) is 4.21 Å². The fourth-order valence-corrected chi connectivity index (χ4v) is 1.72. The van der Waals surface area contributed by atoms with Gasteiger partial charge in [0.2, 0.25) is 0 Å². The molecule has 1 N–H and O–H groups in total. The third-order valence-corrected chi connectivity index (χ3v) is 2.71. The first-order valence-corrected chi connectivity index (χ1v) is 4.47. The summed E-state index contributed by atoms with van der Waals surface area (Å²) in [5.41, 5.74) is 0. The topological polar surface area (TPSA) is 37.3 Å². The molecular formula is C6H6BrLiO2S. The molecule has 0 aliphatic heterocycles. The second kappa shape index (κ2) is 5.12. The van der Waals surface area contributed by atoms with Gasteiger partial charge in [0.15, 0.2) is 11.1 Å². The molecule has 2 nitrogen and oxygen atoms in total. The van der Waals surface area contributed by atoms with Gasteiger partial charge < -0.3 is 4.55 Å². The van der Waals surface area contributed by atoms with Gasteiger partial charge in [-0.05, 0) is 28.1 Å². The van der Waals surface area contributed by atoms with E-state index >= 15 is 0 Å². The molecule has 0 aromatic heterocycles. The van der Waals surface area contributed by atoms with Gasteiger partial charge in [0.05, 0.1) is 4.90 Å². The predicted octanol–water partition coefficient (Wildman–Crippen LogP) is 1.38. The van der Waals surface area contributed by atoms with Crippen LogP contribution in [0.4, 0.5) is 0 Å². The summed E-state index contributed by atoms with van der Waals surface area (Å²) in [5, 5.41) is 0. The minimum atomic E-state index is -1.89. The molecule has 1 rings (SSSR count). The molecule has 0 saturated heterocycles. The van der Waals surface area contributed by atoms with E-state index in [-0.39, 0.29) is 18.9 Å². The molecule has 1 aromatic carbocycles. The van der Waals surface area contributed by atoms with Gasteiger partial charge >= 0.3 is 18.9 Å². The Bertz CT molecular complexity index is 267. The van der Waals surface area contributed by atoms with Gasteiger partial charge in [-0.2, -0.15) is 0 Å². The normalized spacial score (nSPS) is 11.8. The quantitative estimate of drug-likeness (QED) is 0.583. The van der Waals surface area contributed by atoms with Crippen LogP contribution in [0.2, 0.25) is 0 Å². The first-order valence-electron chi connectivity index (χ1n) is 2.57. The summed E-state index contributed by atoms with van der Waals surface area (Å²) >= 11 is 1.26. The first-order chi connectivity index (χ1) is 4.72. The maximum atomic E-state index is 10.5. The number of rotatable bonds is 1. The van der Waals surface area contributed by atoms with Crippen molar-refractivity contribution in [3.8, 4) is 0 Å². The summed E-state index contributed by atoms with van der Waals surface area (Å²) in [5.74, 6) is 0. The Morgan fingerprint density at radius 3 is 2.27 bits per heavy atom. The van der Waals surface area contributed by atoms with Gasteiger partial charge in [0.25, 0.3) is 0 Å². The van der Waals surface area contributed by atoms with Gasteiger partial charge in [-0.25, -0.2) is 4.21 Å². The fourth-order valence-electron chi connectivity index (χ4n) is 0.586. The minimum absolute atomic E-state index is 0. The van der Waals surface area contributed by atoms with Crippen LogP contribution in [0, 0.1) is 0 Å². The van der Waals surface area contributed by atoms with Crippen molar-refractivity contribution in [2.75, 3.05) is 0 Å². The van der Waals surface area contributed by atoms with E-state index in [2.05, 4.69) is 15.9 Å². The van der Waals surface area contributed by atoms with Crippen LogP contribution >= 0.6 is 15.9 Å². The van der Waals surface area contributed by atoms with Crippen molar-refractivity contribution in [1.82, 2.24) is 0 Å². The molecule has 0 aliphatic rings. The zero-order chi connectivity index (χ0) is 7.56. The van der Waals surface area contributed by atoms with Gasteiger partial charge in [-0.15, -0.1) is 0 Å². The molecule has 1 unspecified atom stereocenters. The van der Waals surface area contributed by atoms with Crippen LogP contribution in [0.25, 0.3) is 0 Å². The number of hydrogen-bond donors (Lipinski definition) is 1. The molecule has 11 heavy (non-hydrogen) atoms. The van der Waals surface area contributed by atoms with Crippen molar-refractivity contribution >= 4 is 45.9 Å². The molecule has 1 atom stereocenters. The molecule has 5 heteroatoms. The molecule has 0 bridgehead atoms. The van der Waals surface area contributed by atoms with E-state index in [0.717, 1.165) is 0 Å². The molecule has 0 heterocycles. The SMILES string of the molecule is O=S(O)c1ccccc1Br.[LiH]. The standard InChI is InChI=1S/C6H5BrO2S.Li.H/c7-5-3-1-2-4-6(5)10(8)9;;/h1-4H,(H,8,9);;. The second-order valence-electron chi connectivity index (χ2n) is 1.68. The Hall–Kier alpha value is 0.407. The van der Waals surface area contributed by atoms with Crippen LogP contribution in [-0.2, 0) is 11.1 Å². The zero-order valence-corrected chi connectivity index (χ0v) is 7.35. The van der Waals surface area contributed by atoms with Crippen molar-refractivity contribution in [2.45, 2.75) is 4.90 Å². The summed E-state index contributed by atoms with van der Waals surface area (Å²) in [6.07, 6.45) is 0.